The van der Waals surface area contributed by atoms with Crippen LogP contribution in [0, 0.1) is 5.92 Å². The normalized spacial score (nSPS) is 10.2. The van der Waals surface area contributed by atoms with Crippen molar-refractivity contribution >= 4 is 17.3 Å². The van der Waals surface area contributed by atoms with E-state index < -0.39 is 0 Å². The molecule has 1 rings (SSSR count). The third-order valence-electron chi connectivity index (χ3n) is 1.31. The lowest BCUT2D eigenvalue weighted by Gasteiger charge is -2.04. The van der Waals surface area contributed by atoms with Crippen molar-refractivity contribution in [2.45, 2.75) is 20.5 Å². The highest BCUT2D eigenvalue weighted by Gasteiger charge is 2.08. The fourth-order valence-corrected chi connectivity index (χ4v) is 1.13. The van der Waals surface area contributed by atoms with E-state index >= 15 is 0 Å². The fraction of sp³-hybridized carbons (Fsp3) is 0.500. The van der Waals surface area contributed by atoms with Crippen molar-refractivity contribution in [1.82, 2.24) is 4.98 Å². The van der Waals surface area contributed by atoms with Crippen molar-refractivity contribution in [3.63, 3.8) is 0 Å². The largest absolute Gasteiger partial charge is 0.460 e. The van der Waals surface area contributed by atoms with Gasteiger partial charge in [-0.1, -0.05) is 13.8 Å². The number of hydrogen-bond acceptors (Lipinski definition) is 4. The minimum Gasteiger partial charge on any atom is -0.460 e. The summed E-state index contributed by atoms with van der Waals surface area (Å²) in [6, 6.07) is 0. The number of nitrogens with zero attached hydrogens (tertiary/aromatic N) is 1. The Hall–Kier alpha value is -0.900. The van der Waals surface area contributed by atoms with Crippen LogP contribution in [0.4, 0.5) is 0 Å². The number of aromatic nitrogens is 1. The van der Waals surface area contributed by atoms with E-state index in [2.05, 4.69) is 4.98 Å². The first-order valence-electron chi connectivity index (χ1n) is 3.74. The van der Waals surface area contributed by atoms with Crippen LogP contribution in [0.5, 0.6) is 0 Å². The molecule has 0 saturated carbocycles. The molecule has 0 saturated heterocycles. The number of ether oxygens (including phenoxy) is 1. The molecule has 0 fully saturated rings. The van der Waals surface area contributed by atoms with Gasteiger partial charge in [-0.2, -0.15) is 0 Å². The number of carbonyl (C=O) groups is 1. The molecule has 0 N–H and O–H groups in total. The van der Waals surface area contributed by atoms with Crippen LogP contribution < -0.4 is 0 Å². The summed E-state index contributed by atoms with van der Waals surface area (Å²) in [6.07, 6.45) is 1.71. The second-order valence-electron chi connectivity index (χ2n) is 2.73. The summed E-state index contributed by atoms with van der Waals surface area (Å²) in [4.78, 5) is 15.8. The molecule has 1 aromatic rings. The molecule has 0 bridgehead atoms. The molecule has 1 aromatic heterocycles. The third kappa shape index (κ3) is 2.62. The van der Waals surface area contributed by atoms with Gasteiger partial charge < -0.3 is 4.74 Å². The van der Waals surface area contributed by atoms with Crippen molar-refractivity contribution in [1.29, 1.82) is 0 Å². The van der Waals surface area contributed by atoms with Gasteiger partial charge in [-0.25, -0.2) is 0 Å². The Morgan fingerprint density at radius 1 is 1.75 bits per heavy atom. The third-order valence-corrected chi connectivity index (χ3v) is 2.06. The molecular weight excluding hydrogens is 174 g/mol. The van der Waals surface area contributed by atoms with Crippen molar-refractivity contribution in [3.05, 3.63) is 16.6 Å². The van der Waals surface area contributed by atoms with Crippen molar-refractivity contribution in [2.24, 2.45) is 5.92 Å². The van der Waals surface area contributed by atoms with Crippen LogP contribution in [0.15, 0.2) is 11.7 Å². The van der Waals surface area contributed by atoms with E-state index in [-0.39, 0.29) is 11.9 Å². The number of hydrogen-bond donors (Lipinski definition) is 0. The molecule has 66 valence electrons. The van der Waals surface area contributed by atoms with Gasteiger partial charge in [0.15, 0.2) is 0 Å². The van der Waals surface area contributed by atoms with E-state index in [1.165, 1.54) is 11.3 Å². The summed E-state index contributed by atoms with van der Waals surface area (Å²) >= 11 is 1.49. The van der Waals surface area contributed by atoms with Crippen LogP contribution in [0.2, 0.25) is 0 Å². The Balaban J connectivity index is 2.32. The van der Waals surface area contributed by atoms with Crippen LogP contribution in [-0.2, 0) is 16.1 Å². The maximum Gasteiger partial charge on any atom is 0.308 e. The average Bonchev–Trinajstić information content (AvgIpc) is 2.51. The summed E-state index contributed by atoms with van der Waals surface area (Å²) in [5.41, 5.74) is 1.72. The summed E-state index contributed by atoms with van der Waals surface area (Å²) in [5.74, 6) is -0.221. The van der Waals surface area contributed by atoms with Gasteiger partial charge in [-0.15, -0.1) is 11.3 Å². The van der Waals surface area contributed by atoms with E-state index in [0.717, 1.165) is 4.88 Å². The van der Waals surface area contributed by atoms with E-state index in [4.69, 9.17) is 4.74 Å². The van der Waals surface area contributed by atoms with Gasteiger partial charge in [0, 0.05) is 6.20 Å². The standard InChI is InChI=1S/C8H11NO2S/c1-6(2)8(10)11-4-7-3-9-5-12-7/h3,5-6H,4H2,1-2H3. The highest BCUT2D eigenvalue weighted by Crippen LogP contribution is 2.08. The fourth-order valence-electron chi connectivity index (χ4n) is 0.622. The maximum absolute atomic E-state index is 11.0. The Bertz CT molecular complexity index is 244. The van der Waals surface area contributed by atoms with Gasteiger partial charge in [0.05, 0.1) is 16.3 Å². The molecule has 0 aliphatic heterocycles. The molecule has 0 radical (unpaired) electrons. The molecular formula is C8H11NO2S. The van der Waals surface area contributed by atoms with Gasteiger partial charge in [-0.3, -0.25) is 9.78 Å². The van der Waals surface area contributed by atoms with Crippen LogP contribution in [0.25, 0.3) is 0 Å². The Morgan fingerprint density at radius 2 is 2.50 bits per heavy atom. The zero-order valence-electron chi connectivity index (χ0n) is 7.11. The van der Waals surface area contributed by atoms with Crippen LogP contribution in [0.1, 0.15) is 18.7 Å². The first-order chi connectivity index (χ1) is 5.70. The Labute approximate surface area is 75.4 Å². The van der Waals surface area contributed by atoms with Gasteiger partial charge in [0.2, 0.25) is 0 Å². The highest BCUT2D eigenvalue weighted by atomic mass is 32.1. The number of carbonyl (C=O) groups excluding carboxylic acids is 1. The van der Waals surface area contributed by atoms with E-state index in [9.17, 15) is 4.79 Å². The second-order valence-corrected chi connectivity index (χ2v) is 3.70. The smallest absolute Gasteiger partial charge is 0.308 e. The van der Waals surface area contributed by atoms with Gasteiger partial charge >= 0.3 is 5.97 Å². The SMILES string of the molecule is CC(C)C(=O)OCc1cncs1. The molecule has 1 heterocycles. The molecule has 0 aromatic carbocycles. The molecule has 0 aliphatic carbocycles. The van der Waals surface area contributed by atoms with Crippen LogP contribution in [-0.4, -0.2) is 11.0 Å². The molecule has 4 heteroatoms. The molecule has 0 spiro atoms. The predicted molar refractivity (Wildman–Crippen MR) is 46.7 cm³/mol. The van der Waals surface area contributed by atoms with E-state index in [1.807, 2.05) is 13.8 Å². The summed E-state index contributed by atoms with van der Waals surface area (Å²) in [7, 11) is 0. The van der Waals surface area contributed by atoms with E-state index in [1.54, 1.807) is 11.7 Å². The molecule has 12 heavy (non-hydrogen) atoms. The molecule has 0 unspecified atom stereocenters. The molecule has 0 aliphatic rings. The van der Waals surface area contributed by atoms with Crippen LogP contribution >= 0.6 is 11.3 Å². The summed E-state index contributed by atoms with van der Waals surface area (Å²) < 4.78 is 4.98. The van der Waals surface area contributed by atoms with Crippen molar-refractivity contribution in [2.75, 3.05) is 0 Å². The highest BCUT2D eigenvalue weighted by molar-refractivity contribution is 7.09. The molecule has 3 nitrogen and oxygen atoms in total. The van der Waals surface area contributed by atoms with Gasteiger partial charge in [0.1, 0.15) is 6.61 Å². The average molecular weight is 185 g/mol. The molecule has 0 atom stereocenters. The van der Waals surface area contributed by atoms with Gasteiger partial charge in [-0.05, 0) is 0 Å². The predicted octanol–water partition coefficient (Wildman–Crippen LogP) is 1.84. The number of esters is 1. The van der Waals surface area contributed by atoms with E-state index in [0.29, 0.717) is 6.61 Å². The second kappa shape index (κ2) is 4.21. The summed E-state index contributed by atoms with van der Waals surface area (Å²) in [5, 5.41) is 0. The number of thiazole rings is 1. The van der Waals surface area contributed by atoms with Crippen molar-refractivity contribution < 1.29 is 9.53 Å². The first kappa shape index (κ1) is 9.19. The first-order valence-corrected chi connectivity index (χ1v) is 4.62. The van der Waals surface area contributed by atoms with Crippen LogP contribution in [0.3, 0.4) is 0 Å². The zero-order valence-corrected chi connectivity index (χ0v) is 7.93. The molecule has 0 amide bonds. The monoisotopic (exact) mass is 185 g/mol. The minimum atomic E-state index is -0.164. The summed E-state index contributed by atoms with van der Waals surface area (Å²) in [6.45, 7) is 3.98. The minimum absolute atomic E-state index is 0.0575. The Kier molecular flexibility index (Phi) is 3.22. The zero-order chi connectivity index (χ0) is 8.97. The van der Waals surface area contributed by atoms with Crippen molar-refractivity contribution in [3.8, 4) is 0 Å². The lowest BCUT2D eigenvalue weighted by molar-refractivity contribution is -0.148. The lowest BCUT2D eigenvalue weighted by Crippen LogP contribution is -2.10. The maximum atomic E-state index is 11.0. The lowest BCUT2D eigenvalue weighted by atomic mass is 10.2. The quantitative estimate of drug-likeness (QED) is 0.674. The van der Waals surface area contributed by atoms with Gasteiger partial charge in [0.25, 0.3) is 0 Å². The topological polar surface area (TPSA) is 39.2 Å². The Morgan fingerprint density at radius 3 is 3.00 bits per heavy atom. The number of rotatable bonds is 3.